The SMILES string of the molecule is CCCCCCC/C=C\C/C=C\C/C=C\CCCCCCCCC(=O)NC(COP(=O)(O)OCCN)C(O)/C=C/CC/C=C/CCCCCCCCCCCCC. The van der Waals surface area contributed by atoms with E-state index in [0.717, 1.165) is 64.2 Å². The van der Waals surface area contributed by atoms with Gasteiger partial charge in [0.1, 0.15) is 0 Å². The molecular formula is C48H89N2O6P. The number of rotatable bonds is 43. The Morgan fingerprint density at radius 3 is 1.47 bits per heavy atom. The van der Waals surface area contributed by atoms with Gasteiger partial charge in [0.05, 0.1) is 25.4 Å². The predicted octanol–water partition coefficient (Wildman–Crippen LogP) is 13.4. The molecule has 0 saturated heterocycles. The zero-order valence-electron chi connectivity index (χ0n) is 36.8. The average Bonchev–Trinajstić information content (AvgIpc) is 3.20. The van der Waals surface area contributed by atoms with Gasteiger partial charge < -0.3 is 21.1 Å². The molecule has 0 aliphatic rings. The topological polar surface area (TPSA) is 131 Å². The van der Waals surface area contributed by atoms with Gasteiger partial charge in [-0.3, -0.25) is 13.8 Å². The van der Waals surface area contributed by atoms with Crippen molar-refractivity contribution in [2.75, 3.05) is 19.8 Å². The van der Waals surface area contributed by atoms with Crippen molar-refractivity contribution < 1.29 is 28.4 Å². The molecule has 3 unspecified atom stereocenters. The number of allylic oxidation sites excluding steroid dienone is 9. The molecule has 9 heteroatoms. The number of amides is 1. The van der Waals surface area contributed by atoms with E-state index in [-0.39, 0.29) is 25.7 Å². The lowest BCUT2D eigenvalue weighted by atomic mass is 10.1. The summed E-state index contributed by atoms with van der Waals surface area (Å²) < 4.78 is 22.1. The van der Waals surface area contributed by atoms with E-state index in [0.29, 0.717) is 6.42 Å². The Hall–Kier alpha value is -1.80. The van der Waals surface area contributed by atoms with Gasteiger partial charge in [0.15, 0.2) is 0 Å². The highest BCUT2D eigenvalue weighted by atomic mass is 31.2. The Balaban J connectivity index is 4.25. The maximum Gasteiger partial charge on any atom is 0.472 e. The number of nitrogens with two attached hydrogens (primary N) is 1. The molecule has 0 aromatic carbocycles. The molecule has 0 aliphatic carbocycles. The van der Waals surface area contributed by atoms with E-state index in [9.17, 15) is 19.4 Å². The molecule has 0 aromatic heterocycles. The molecule has 0 heterocycles. The minimum Gasteiger partial charge on any atom is -0.387 e. The lowest BCUT2D eigenvalue weighted by Gasteiger charge is -2.23. The third-order valence-corrected chi connectivity index (χ3v) is 11.0. The van der Waals surface area contributed by atoms with Crippen LogP contribution < -0.4 is 11.1 Å². The zero-order valence-corrected chi connectivity index (χ0v) is 37.7. The van der Waals surface area contributed by atoms with E-state index in [1.807, 2.05) is 6.08 Å². The number of hydrogen-bond acceptors (Lipinski definition) is 6. The van der Waals surface area contributed by atoms with Gasteiger partial charge >= 0.3 is 7.82 Å². The van der Waals surface area contributed by atoms with E-state index in [1.54, 1.807) is 6.08 Å². The Kier molecular flexibility index (Phi) is 42.4. The molecule has 3 atom stereocenters. The largest absolute Gasteiger partial charge is 0.472 e. The summed E-state index contributed by atoms with van der Waals surface area (Å²) in [5.41, 5.74) is 5.38. The minimum atomic E-state index is -4.36. The molecule has 0 aliphatic heterocycles. The number of nitrogens with one attached hydrogen (secondary N) is 1. The first kappa shape index (κ1) is 55.2. The van der Waals surface area contributed by atoms with E-state index in [2.05, 4.69) is 67.8 Å². The van der Waals surface area contributed by atoms with Gasteiger partial charge in [-0.25, -0.2) is 4.57 Å². The third-order valence-electron chi connectivity index (χ3n) is 10.1. The number of unbranched alkanes of at least 4 members (excludes halogenated alkanes) is 23. The summed E-state index contributed by atoms with van der Waals surface area (Å²) in [5.74, 6) is -0.218. The molecule has 0 bridgehead atoms. The molecule has 0 aromatic rings. The molecule has 5 N–H and O–H groups in total. The third kappa shape index (κ3) is 42.1. The van der Waals surface area contributed by atoms with Crippen molar-refractivity contribution >= 4 is 13.7 Å². The second-order valence-electron chi connectivity index (χ2n) is 15.6. The maximum atomic E-state index is 12.8. The maximum absolute atomic E-state index is 12.8. The van der Waals surface area contributed by atoms with Gasteiger partial charge in [-0.15, -0.1) is 0 Å². The van der Waals surface area contributed by atoms with Crippen LogP contribution in [0.15, 0.2) is 60.8 Å². The number of phosphoric ester groups is 1. The van der Waals surface area contributed by atoms with Crippen LogP contribution >= 0.6 is 7.82 Å². The normalized spacial score (nSPS) is 14.5. The van der Waals surface area contributed by atoms with Crippen LogP contribution in [-0.4, -0.2) is 47.8 Å². The van der Waals surface area contributed by atoms with Crippen LogP contribution in [0.3, 0.4) is 0 Å². The van der Waals surface area contributed by atoms with E-state index in [1.165, 1.54) is 122 Å². The second-order valence-corrected chi connectivity index (χ2v) is 17.1. The summed E-state index contributed by atoms with van der Waals surface area (Å²) in [6, 6.07) is -0.886. The predicted molar refractivity (Wildman–Crippen MR) is 244 cm³/mol. The fraction of sp³-hybridized carbons (Fsp3) is 0.771. The number of carbonyl (C=O) groups is 1. The highest BCUT2D eigenvalue weighted by molar-refractivity contribution is 7.47. The van der Waals surface area contributed by atoms with Gasteiger partial charge in [0, 0.05) is 13.0 Å². The smallest absolute Gasteiger partial charge is 0.387 e. The first-order chi connectivity index (χ1) is 27.9. The second kappa shape index (κ2) is 43.8. The number of carbonyl (C=O) groups excluding carboxylic acids is 1. The van der Waals surface area contributed by atoms with Crippen molar-refractivity contribution in [3.63, 3.8) is 0 Å². The average molecular weight is 821 g/mol. The van der Waals surface area contributed by atoms with Crippen molar-refractivity contribution in [1.82, 2.24) is 5.32 Å². The van der Waals surface area contributed by atoms with Crippen molar-refractivity contribution in [2.45, 2.75) is 219 Å². The monoisotopic (exact) mass is 821 g/mol. The summed E-state index contributed by atoms with van der Waals surface area (Å²) in [7, 11) is -4.36. The molecule has 0 radical (unpaired) electrons. The zero-order chi connectivity index (χ0) is 41.8. The van der Waals surface area contributed by atoms with Crippen LogP contribution in [0, 0.1) is 0 Å². The number of aliphatic hydroxyl groups is 1. The summed E-state index contributed by atoms with van der Waals surface area (Å²) in [4.78, 5) is 22.7. The molecule has 1 amide bonds. The Bertz CT molecular complexity index is 1080. The highest BCUT2D eigenvalue weighted by Crippen LogP contribution is 2.43. The van der Waals surface area contributed by atoms with Gasteiger partial charge in [-0.1, -0.05) is 190 Å². The van der Waals surface area contributed by atoms with Crippen LogP contribution in [-0.2, 0) is 18.4 Å². The lowest BCUT2D eigenvalue weighted by Crippen LogP contribution is -2.45. The standard InChI is InChI=1S/C48H89N2O6P/c1-3-5-7-9-11-13-15-17-19-21-22-23-24-26-28-30-32-34-36-38-40-42-48(52)50-46(45-56-57(53,54)55-44-43-49)47(51)41-39-37-35-33-31-29-27-25-20-18-16-14-12-10-8-6-4-2/h15,17,21-22,24,26,31,33,39,41,46-47,51H,3-14,16,18-20,23,25,27-30,32,34-38,40,42-45,49H2,1-2H3,(H,50,52)(H,53,54)/b17-15-,22-21-,26-24-,33-31+,41-39+. The van der Waals surface area contributed by atoms with Gasteiger partial charge in [0.25, 0.3) is 0 Å². The molecule has 0 fully saturated rings. The fourth-order valence-electron chi connectivity index (χ4n) is 6.51. The van der Waals surface area contributed by atoms with Gasteiger partial charge in [-0.2, -0.15) is 0 Å². The molecule has 57 heavy (non-hydrogen) atoms. The quantitative estimate of drug-likeness (QED) is 0.0274. The van der Waals surface area contributed by atoms with Crippen LogP contribution in [0.2, 0.25) is 0 Å². The van der Waals surface area contributed by atoms with Crippen molar-refractivity contribution in [1.29, 1.82) is 0 Å². The van der Waals surface area contributed by atoms with Gasteiger partial charge in [0.2, 0.25) is 5.91 Å². The molecule has 0 saturated carbocycles. The molecule has 0 rings (SSSR count). The van der Waals surface area contributed by atoms with Crippen LogP contribution in [0.5, 0.6) is 0 Å². The molecule has 0 spiro atoms. The van der Waals surface area contributed by atoms with Gasteiger partial charge in [-0.05, 0) is 70.6 Å². The van der Waals surface area contributed by atoms with E-state index >= 15 is 0 Å². The summed E-state index contributed by atoms with van der Waals surface area (Å²) in [6.07, 6.45) is 55.6. The Morgan fingerprint density at radius 2 is 0.982 bits per heavy atom. The van der Waals surface area contributed by atoms with Crippen molar-refractivity contribution in [2.24, 2.45) is 5.73 Å². The van der Waals surface area contributed by atoms with E-state index < -0.39 is 20.0 Å². The lowest BCUT2D eigenvalue weighted by molar-refractivity contribution is -0.123. The van der Waals surface area contributed by atoms with Crippen molar-refractivity contribution in [3.05, 3.63) is 60.8 Å². The molecule has 8 nitrogen and oxygen atoms in total. The number of hydrogen-bond donors (Lipinski definition) is 4. The minimum absolute atomic E-state index is 0.0693. The van der Waals surface area contributed by atoms with Crippen LogP contribution in [0.25, 0.3) is 0 Å². The van der Waals surface area contributed by atoms with Crippen LogP contribution in [0.1, 0.15) is 206 Å². The van der Waals surface area contributed by atoms with Crippen molar-refractivity contribution in [3.8, 4) is 0 Å². The highest BCUT2D eigenvalue weighted by Gasteiger charge is 2.26. The summed E-state index contributed by atoms with van der Waals surface area (Å²) in [5, 5.41) is 13.7. The number of phosphoric acid groups is 1. The Labute approximate surface area is 351 Å². The first-order valence-corrected chi connectivity index (χ1v) is 24.9. The summed E-state index contributed by atoms with van der Waals surface area (Å²) in [6.45, 7) is 4.09. The molecule has 332 valence electrons. The number of aliphatic hydroxyl groups excluding tert-OH is 1. The first-order valence-electron chi connectivity index (χ1n) is 23.4. The van der Waals surface area contributed by atoms with Crippen LogP contribution in [0.4, 0.5) is 0 Å². The molecular weight excluding hydrogens is 732 g/mol. The van der Waals surface area contributed by atoms with E-state index in [4.69, 9.17) is 14.8 Å². The fourth-order valence-corrected chi connectivity index (χ4v) is 7.27. The Morgan fingerprint density at radius 1 is 0.579 bits per heavy atom. The summed E-state index contributed by atoms with van der Waals surface area (Å²) >= 11 is 0.